The molecule has 13 heteroatoms. The Labute approximate surface area is 149 Å². The van der Waals surface area contributed by atoms with Gasteiger partial charge in [0.2, 0.25) is 12.1 Å². The predicted octanol–water partition coefficient (Wildman–Crippen LogP) is 2.01. The van der Waals surface area contributed by atoms with Crippen LogP contribution >= 0.6 is 0 Å². The van der Waals surface area contributed by atoms with Gasteiger partial charge in [0.05, 0.1) is 23.3 Å². The lowest BCUT2D eigenvalue weighted by atomic mass is 10.1. The molecule has 10 nitrogen and oxygen atoms in total. The van der Waals surface area contributed by atoms with Gasteiger partial charge in [-0.1, -0.05) is 0 Å². The monoisotopic (exact) mass is 390 g/mol. The standard InChI is InChI=1S/C14H13F3N4O6/c1-3-27-13(23)11-18-6-20(19-11)10-4-7(12(22)26-2)9(21(24)25)5-8(10)14(15,16)17/h4-6,13,23H,3H2,1-2H3. The maximum absolute atomic E-state index is 13.4. The van der Waals surface area contributed by atoms with Crippen LogP contribution in [0.4, 0.5) is 18.9 Å². The second kappa shape index (κ2) is 7.67. The quantitative estimate of drug-likeness (QED) is 0.343. The van der Waals surface area contributed by atoms with E-state index in [1.807, 2.05) is 0 Å². The first-order valence-electron chi connectivity index (χ1n) is 7.29. The molecule has 0 fully saturated rings. The average Bonchev–Trinajstić information content (AvgIpc) is 3.09. The van der Waals surface area contributed by atoms with Gasteiger partial charge in [0, 0.05) is 12.7 Å². The Hall–Kier alpha value is -3.06. The molecule has 27 heavy (non-hydrogen) atoms. The molecule has 146 valence electrons. The van der Waals surface area contributed by atoms with Crippen LogP contribution in [0, 0.1) is 10.1 Å². The first kappa shape index (κ1) is 20.3. The normalized spacial score (nSPS) is 12.7. The number of nitro benzene ring substituents is 1. The van der Waals surface area contributed by atoms with E-state index in [4.69, 9.17) is 4.74 Å². The molecular weight excluding hydrogens is 377 g/mol. The fourth-order valence-corrected chi connectivity index (χ4v) is 2.16. The highest BCUT2D eigenvalue weighted by molar-refractivity contribution is 5.95. The van der Waals surface area contributed by atoms with Crippen molar-refractivity contribution in [2.75, 3.05) is 13.7 Å². The van der Waals surface area contributed by atoms with Gasteiger partial charge in [-0.3, -0.25) is 10.1 Å². The third-order valence-corrected chi connectivity index (χ3v) is 3.32. The summed E-state index contributed by atoms with van der Waals surface area (Å²) >= 11 is 0. The van der Waals surface area contributed by atoms with Crippen LogP contribution in [0.5, 0.6) is 0 Å². The molecule has 1 aromatic carbocycles. The minimum atomic E-state index is -5.00. The van der Waals surface area contributed by atoms with Crippen LogP contribution < -0.4 is 0 Å². The van der Waals surface area contributed by atoms with Crippen LogP contribution in [-0.4, -0.2) is 44.5 Å². The summed E-state index contributed by atoms with van der Waals surface area (Å²) in [7, 11) is 0.926. The number of benzene rings is 1. The molecule has 0 spiro atoms. The lowest BCUT2D eigenvalue weighted by Gasteiger charge is -2.14. The number of esters is 1. The van der Waals surface area contributed by atoms with E-state index in [0.717, 1.165) is 13.4 Å². The van der Waals surface area contributed by atoms with Crippen LogP contribution in [-0.2, 0) is 15.7 Å². The summed E-state index contributed by atoms with van der Waals surface area (Å²) in [6.45, 7) is 1.66. The van der Waals surface area contributed by atoms with E-state index in [2.05, 4.69) is 14.8 Å². The molecule has 0 aliphatic rings. The summed E-state index contributed by atoms with van der Waals surface area (Å²) < 4.78 is 50.1. The molecular formula is C14H13F3N4O6. The van der Waals surface area contributed by atoms with Gasteiger partial charge >= 0.3 is 12.1 Å². The number of hydrogen-bond acceptors (Lipinski definition) is 8. The molecule has 0 bridgehead atoms. The molecule has 0 radical (unpaired) electrons. The Balaban J connectivity index is 2.70. The number of nitrogens with zero attached hydrogens (tertiary/aromatic N) is 4. The van der Waals surface area contributed by atoms with Crippen LogP contribution in [0.25, 0.3) is 5.69 Å². The lowest BCUT2D eigenvalue weighted by molar-refractivity contribution is -0.385. The molecule has 0 aliphatic heterocycles. The van der Waals surface area contributed by atoms with E-state index in [-0.39, 0.29) is 18.5 Å². The van der Waals surface area contributed by atoms with Crippen LogP contribution in [0.1, 0.15) is 35.0 Å². The van der Waals surface area contributed by atoms with Crippen molar-refractivity contribution in [2.45, 2.75) is 19.4 Å². The summed E-state index contributed by atoms with van der Waals surface area (Å²) in [4.78, 5) is 25.4. The number of aliphatic hydroxyl groups excluding tert-OH is 1. The van der Waals surface area contributed by atoms with Crippen molar-refractivity contribution < 1.29 is 37.5 Å². The summed E-state index contributed by atoms with van der Waals surface area (Å²) in [5, 5.41) is 24.4. The molecule has 2 rings (SSSR count). The second-order valence-electron chi connectivity index (χ2n) is 4.99. The number of hydrogen-bond donors (Lipinski definition) is 1. The largest absolute Gasteiger partial charge is 0.465 e. The fourth-order valence-electron chi connectivity index (χ4n) is 2.16. The Bertz CT molecular complexity index is 867. The van der Waals surface area contributed by atoms with Crippen LogP contribution in [0.15, 0.2) is 18.5 Å². The highest BCUT2D eigenvalue weighted by Gasteiger charge is 2.38. The maximum Gasteiger partial charge on any atom is 0.418 e. The Kier molecular flexibility index (Phi) is 5.75. The first-order valence-corrected chi connectivity index (χ1v) is 7.29. The maximum atomic E-state index is 13.4. The minimum Gasteiger partial charge on any atom is -0.465 e. The molecule has 1 N–H and O–H groups in total. The zero-order chi connectivity index (χ0) is 20.4. The number of aromatic nitrogens is 3. The predicted molar refractivity (Wildman–Crippen MR) is 80.9 cm³/mol. The number of carbonyl (C=O) groups is 1. The third-order valence-electron chi connectivity index (χ3n) is 3.32. The van der Waals surface area contributed by atoms with Crippen molar-refractivity contribution in [1.29, 1.82) is 0 Å². The number of ether oxygens (including phenoxy) is 2. The second-order valence-corrected chi connectivity index (χ2v) is 4.99. The Morgan fingerprint density at radius 1 is 1.44 bits per heavy atom. The molecule has 0 saturated carbocycles. The molecule has 1 aromatic heterocycles. The van der Waals surface area contributed by atoms with Gasteiger partial charge in [-0.25, -0.2) is 14.5 Å². The zero-order valence-electron chi connectivity index (χ0n) is 13.9. The van der Waals surface area contributed by atoms with E-state index in [1.54, 1.807) is 6.92 Å². The number of halogens is 3. The first-order chi connectivity index (χ1) is 12.6. The summed E-state index contributed by atoms with van der Waals surface area (Å²) in [6.07, 6.45) is -5.74. The van der Waals surface area contributed by atoms with Crippen molar-refractivity contribution in [3.05, 3.63) is 45.5 Å². The van der Waals surface area contributed by atoms with Crippen molar-refractivity contribution in [2.24, 2.45) is 0 Å². The number of nitro groups is 1. The van der Waals surface area contributed by atoms with Gasteiger partial charge in [-0.15, -0.1) is 5.10 Å². The zero-order valence-corrected chi connectivity index (χ0v) is 13.9. The molecule has 0 aliphatic carbocycles. The van der Waals surface area contributed by atoms with Gasteiger partial charge in [-0.2, -0.15) is 13.2 Å². The number of aliphatic hydroxyl groups is 1. The Morgan fingerprint density at radius 2 is 2.11 bits per heavy atom. The van der Waals surface area contributed by atoms with Crippen molar-refractivity contribution >= 4 is 11.7 Å². The van der Waals surface area contributed by atoms with Gasteiger partial charge < -0.3 is 14.6 Å². The summed E-state index contributed by atoms with van der Waals surface area (Å²) in [5.41, 5.74) is -3.92. The molecule has 0 saturated heterocycles. The molecule has 1 atom stereocenters. The van der Waals surface area contributed by atoms with E-state index >= 15 is 0 Å². The van der Waals surface area contributed by atoms with Crippen LogP contribution in [0.3, 0.4) is 0 Å². The van der Waals surface area contributed by atoms with E-state index in [1.165, 1.54) is 0 Å². The third kappa shape index (κ3) is 4.20. The average molecular weight is 390 g/mol. The van der Waals surface area contributed by atoms with Gasteiger partial charge in [0.25, 0.3) is 5.69 Å². The topological polar surface area (TPSA) is 130 Å². The van der Waals surface area contributed by atoms with Gasteiger partial charge in [-0.05, 0) is 13.0 Å². The SMILES string of the molecule is CCOC(O)c1ncn(-c2cc(C(=O)OC)c([N+](=O)[O-])cc2C(F)(F)F)n1. The van der Waals surface area contributed by atoms with Gasteiger partial charge in [0.1, 0.15) is 11.9 Å². The highest BCUT2D eigenvalue weighted by Crippen LogP contribution is 2.38. The van der Waals surface area contributed by atoms with Crippen LogP contribution in [0.2, 0.25) is 0 Å². The minimum absolute atomic E-state index is 0.0908. The molecule has 2 aromatic rings. The Morgan fingerprint density at radius 3 is 2.63 bits per heavy atom. The highest BCUT2D eigenvalue weighted by atomic mass is 19.4. The molecule has 1 heterocycles. The summed E-state index contributed by atoms with van der Waals surface area (Å²) in [5.74, 6) is -1.53. The van der Waals surface area contributed by atoms with E-state index in [0.29, 0.717) is 10.7 Å². The van der Waals surface area contributed by atoms with Gasteiger partial charge in [0.15, 0.2) is 0 Å². The molecule has 0 amide bonds. The van der Waals surface area contributed by atoms with Crippen molar-refractivity contribution in [1.82, 2.24) is 14.8 Å². The number of rotatable bonds is 6. The van der Waals surface area contributed by atoms with Crippen molar-refractivity contribution in [3.8, 4) is 5.69 Å². The summed E-state index contributed by atoms with van der Waals surface area (Å²) in [6, 6.07) is 0.834. The number of carbonyl (C=O) groups excluding carboxylic acids is 1. The smallest absolute Gasteiger partial charge is 0.418 e. The van der Waals surface area contributed by atoms with Crippen molar-refractivity contribution in [3.63, 3.8) is 0 Å². The van der Waals surface area contributed by atoms with E-state index < -0.39 is 45.9 Å². The number of methoxy groups -OCH3 is 1. The van der Waals surface area contributed by atoms with E-state index in [9.17, 15) is 33.2 Å². The molecule has 1 unspecified atom stereocenters. The lowest BCUT2D eigenvalue weighted by Crippen LogP contribution is -2.15. The number of alkyl halides is 3. The fraction of sp³-hybridized carbons (Fsp3) is 0.357.